The highest BCUT2D eigenvalue weighted by Gasteiger charge is 2.42. The summed E-state index contributed by atoms with van der Waals surface area (Å²) in [7, 11) is 0. The fourth-order valence-corrected chi connectivity index (χ4v) is 2.69. The Kier molecular flexibility index (Phi) is 3.44. The molecule has 1 saturated carbocycles. The van der Waals surface area contributed by atoms with E-state index >= 15 is 0 Å². The zero-order valence-corrected chi connectivity index (χ0v) is 9.21. The Hall–Kier alpha value is -0.680. The van der Waals surface area contributed by atoms with Crippen LogP contribution < -0.4 is 5.48 Å². The molecule has 0 aromatic carbocycles. The Morgan fingerprint density at radius 2 is 1.81 bits per heavy atom. The summed E-state index contributed by atoms with van der Waals surface area (Å²) in [6, 6.07) is 0.125. The van der Waals surface area contributed by atoms with Crippen molar-refractivity contribution in [2.45, 2.75) is 43.4 Å². The minimum atomic E-state index is -1.13. The number of nitrogens with one attached hydrogen (secondary N) is 1. The number of hydroxylamine groups is 1. The summed E-state index contributed by atoms with van der Waals surface area (Å²) in [5, 5.41) is 29.1. The van der Waals surface area contributed by atoms with Gasteiger partial charge in [-0.05, 0) is 37.7 Å². The molecule has 0 heterocycles. The first-order chi connectivity index (χ1) is 7.66. The number of allylic oxidation sites excluding steroid dienone is 2. The molecule has 2 aliphatic rings. The van der Waals surface area contributed by atoms with Crippen LogP contribution in [0.25, 0.3) is 0 Å². The van der Waals surface area contributed by atoms with Crippen LogP contribution in [-0.4, -0.2) is 33.2 Å². The average molecular weight is 225 g/mol. The maximum atomic E-state index is 10.5. The van der Waals surface area contributed by atoms with E-state index in [-0.39, 0.29) is 12.0 Å². The molecule has 0 spiro atoms. The molecule has 1 fully saturated rings. The Labute approximate surface area is 95.2 Å². The zero-order valence-electron chi connectivity index (χ0n) is 9.21. The Morgan fingerprint density at radius 3 is 2.38 bits per heavy atom. The average Bonchev–Trinajstić information content (AvgIpc) is 2.33. The highest BCUT2D eigenvalue weighted by molar-refractivity contribution is 5.24. The highest BCUT2D eigenvalue weighted by Crippen LogP contribution is 2.37. The van der Waals surface area contributed by atoms with Gasteiger partial charge < -0.3 is 15.4 Å². The van der Waals surface area contributed by atoms with Gasteiger partial charge in [-0.2, -0.15) is 0 Å². The minimum absolute atomic E-state index is 0.0632. The lowest BCUT2D eigenvalue weighted by molar-refractivity contribution is -0.0731. The smallest absolute Gasteiger partial charge is 0.115 e. The first-order valence-electron chi connectivity index (χ1n) is 5.83. The SMILES string of the molecule is ONC1CCC(C2(O)C=CC=CC2O)CC1. The van der Waals surface area contributed by atoms with Crippen LogP contribution in [0.4, 0.5) is 0 Å². The van der Waals surface area contributed by atoms with Crippen molar-refractivity contribution in [2.75, 3.05) is 0 Å². The van der Waals surface area contributed by atoms with Crippen molar-refractivity contribution < 1.29 is 15.4 Å². The second kappa shape index (κ2) is 4.67. The Balaban J connectivity index is 2.03. The topological polar surface area (TPSA) is 72.7 Å². The first kappa shape index (κ1) is 11.8. The lowest BCUT2D eigenvalue weighted by Crippen LogP contribution is -2.49. The summed E-state index contributed by atoms with van der Waals surface area (Å²) in [6.07, 6.45) is 9.30. The molecule has 2 aliphatic carbocycles. The van der Waals surface area contributed by atoms with Crippen molar-refractivity contribution in [2.24, 2.45) is 5.92 Å². The zero-order chi connectivity index (χ0) is 11.6. The number of aliphatic hydroxyl groups is 2. The van der Waals surface area contributed by atoms with Gasteiger partial charge in [0.25, 0.3) is 0 Å². The molecule has 4 N–H and O–H groups in total. The maximum Gasteiger partial charge on any atom is 0.115 e. The lowest BCUT2D eigenvalue weighted by Gasteiger charge is -2.41. The summed E-state index contributed by atoms with van der Waals surface area (Å²) in [6.45, 7) is 0. The van der Waals surface area contributed by atoms with Crippen LogP contribution in [0, 0.1) is 5.92 Å². The van der Waals surface area contributed by atoms with Crippen LogP contribution in [0.3, 0.4) is 0 Å². The molecule has 4 nitrogen and oxygen atoms in total. The molecule has 90 valence electrons. The van der Waals surface area contributed by atoms with Crippen LogP contribution in [-0.2, 0) is 0 Å². The number of hydrogen-bond donors (Lipinski definition) is 4. The van der Waals surface area contributed by atoms with E-state index in [4.69, 9.17) is 5.21 Å². The molecule has 2 atom stereocenters. The summed E-state index contributed by atoms with van der Waals surface area (Å²) in [5.74, 6) is 0.0632. The van der Waals surface area contributed by atoms with E-state index in [2.05, 4.69) is 5.48 Å². The maximum absolute atomic E-state index is 10.5. The molecule has 0 amide bonds. The van der Waals surface area contributed by atoms with E-state index in [0.29, 0.717) is 0 Å². The van der Waals surface area contributed by atoms with E-state index in [1.807, 2.05) is 0 Å². The highest BCUT2D eigenvalue weighted by atomic mass is 16.5. The van der Waals surface area contributed by atoms with E-state index < -0.39 is 11.7 Å². The van der Waals surface area contributed by atoms with Gasteiger partial charge >= 0.3 is 0 Å². The van der Waals surface area contributed by atoms with Gasteiger partial charge in [-0.1, -0.05) is 18.2 Å². The van der Waals surface area contributed by atoms with Crippen molar-refractivity contribution >= 4 is 0 Å². The van der Waals surface area contributed by atoms with Gasteiger partial charge in [0.1, 0.15) is 11.7 Å². The van der Waals surface area contributed by atoms with E-state index in [9.17, 15) is 10.2 Å². The van der Waals surface area contributed by atoms with Crippen LogP contribution >= 0.6 is 0 Å². The van der Waals surface area contributed by atoms with Crippen LogP contribution in [0.1, 0.15) is 25.7 Å². The lowest BCUT2D eigenvalue weighted by atomic mass is 9.72. The van der Waals surface area contributed by atoms with E-state index in [0.717, 1.165) is 25.7 Å². The van der Waals surface area contributed by atoms with Crippen molar-refractivity contribution in [1.82, 2.24) is 5.48 Å². The molecular weight excluding hydrogens is 206 g/mol. The molecule has 2 unspecified atom stereocenters. The molecule has 4 heteroatoms. The summed E-state index contributed by atoms with van der Waals surface area (Å²) in [4.78, 5) is 0. The van der Waals surface area contributed by atoms with Gasteiger partial charge in [0.2, 0.25) is 0 Å². The second-order valence-electron chi connectivity index (χ2n) is 4.75. The molecule has 0 bridgehead atoms. The predicted octanol–water partition coefficient (Wildman–Crippen LogP) is 0.742. The standard InChI is InChI=1S/C12H19NO3/c14-11-3-1-2-8-12(11,15)9-4-6-10(13-16)7-5-9/h1-3,8-11,13-16H,4-7H2. The van der Waals surface area contributed by atoms with Crippen LogP contribution in [0.15, 0.2) is 24.3 Å². The normalized spacial score (nSPS) is 43.6. The molecular formula is C12H19NO3. The Bertz CT molecular complexity index is 295. The summed E-state index contributed by atoms with van der Waals surface area (Å²) >= 11 is 0. The second-order valence-corrected chi connectivity index (χ2v) is 4.75. The molecule has 0 aliphatic heterocycles. The van der Waals surface area contributed by atoms with Gasteiger partial charge in [-0.25, -0.2) is 5.48 Å². The van der Waals surface area contributed by atoms with Gasteiger partial charge in [-0.3, -0.25) is 0 Å². The monoisotopic (exact) mass is 225 g/mol. The quantitative estimate of drug-likeness (QED) is 0.523. The van der Waals surface area contributed by atoms with Crippen LogP contribution in [0.5, 0.6) is 0 Å². The molecule has 0 aromatic heterocycles. The van der Waals surface area contributed by atoms with Gasteiger partial charge in [0.15, 0.2) is 0 Å². The number of rotatable bonds is 2. The summed E-state index contributed by atoms with van der Waals surface area (Å²) in [5.41, 5.74) is 1.15. The van der Waals surface area contributed by atoms with Crippen molar-refractivity contribution in [3.8, 4) is 0 Å². The van der Waals surface area contributed by atoms with E-state index in [1.165, 1.54) is 0 Å². The fourth-order valence-electron chi connectivity index (χ4n) is 2.69. The minimum Gasteiger partial charge on any atom is -0.386 e. The number of hydrogen-bond acceptors (Lipinski definition) is 4. The van der Waals surface area contributed by atoms with Crippen molar-refractivity contribution in [1.29, 1.82) is 0 Å². The number of aliphatic hydroxyl groups excluding tert-OH is 1. The summed E-state index contributed by atoms with van der Waals surface area (Å²) < 4.78 is 0. The Morgan fingerprint density at radius 1 is 1.12 bits per heavy atom. The molecule has 0 aromatic rings. The third kappa shape index (κ3) is 2.06. The molecule has 16 heavy (non-hydrogen) atoms. The van der Waals surface area contributed by atoms with E-state index in [1.54, 1.807) is 24.3 Å². The molecule has 0 radical (unpaired) electrons. The van der Waals surface area contributed by atoms with Crippen molar-refractivity contribution in [3.05, 3.63) is 24.3 Å². The van der Waals surface area contributed by atoms with Crippen molar-refractivity contribution in [3.63, 3.8) is 0 Å². The van der Waals surface area contributed by atoms with Gasteiger partial charge in [0.05, 0.1) is 0 Å². The largest absolute Gasteiger partial charge is 0.386 e. The third-order valence-electron chi connectivity index (χ3n) is 3.81. The fraction of sp³-hybridized carbons (Fsp3) is 0.667. The molecule has 2 rings (SSSR count). The van der Waals surface area contributed by atoms with Gasteiger partial charge in [0, 0.05) is 6.04 Å². The first-order valence-corrected chi connectivity index (χ1v) is 5.83. The molecule has 0 saturated heterocycles. The van der Waals surface area contributed by atoms with Crippen LogP contribution in [0.2, 0.25) is 0 Å². The predicted molar refractivity (Wildman–Crippen MR) is 59.9 cm³/mol. The third-order valence-corrected chi connectivity index (χ3v) is 3.81. The van der Waals surface area contributed by atoms with Gasteiger partial charge in [-0.15, -0.1) is 0 Å².